The molecule has 0 spiro atoms. The zero-order chi connectivity index (χ0) is 11.1. The van der Waals surface area contributed by atoms with Gasteiger partial charge in [-0.1, -0.05) is 0 Å². The average molecular weight is 245 g/mol. The van der Waals surface area contributed by atoms with E-state index in [1.54, 1.807) is 11.8 Å². The van der Waals surface area contributed by atoms with E-state index < -0.39 is 0 Å². The lowest BCUT2D eigenvalue weighted by atomic mass is 10.3. The van der Waals surface area contributed by atoms with E-state index in [9.17, 15) is 4.79 Å². The van der Waals surface area contributed by atoms with Gasteiger partial charge in [-0.2, -0.15) is 11.8 Å². The molecule has 1 rings (SSSR count). The Kier molecular flexibility index (Phi) is 5.49. The molecule has 0 aromatic carbocycles. The van der Waals surface area contributed by atoms with Gasteiger partial charge in [0.05, 0.1) is 12.1 Å². The SMILES string of the molecule is CSCCCNC(=O)Cc1csc(N)n1. The Labute approximate surface area is 97.7 Å². The number of thiazole rings is 1. The lowest BCUT2D eigenvalue weighted by Gasteiger charge is -2.02. The van der Waals surface area contributed by atoms with Gasteiger partial charge < -0.3 is 11.1 Å². The number of carbonyl (C=O) groups excluding carboxylic acids is 1. The van der Waals surface area contributed by atoms with Gasteiger partial charge >= 0.3 is 0 Å². The third kappa shape index (κ3) is 5.03. The second-order valence-electron chi connectivity index (χ2n) is 3.05. The molecular weight excluding hydrogens is 230 g/mol. The van der Waals surface area contributed by atoms with Crippen molar-refractivity contribution in [2.75, 3.05) is 24.3 Å². The number of rotatable bonds is 6. The first-order valence-corrected chi connectivity index (χ1v) is 6.95. The number of nitrogen functional groups attached to an aromatic ring is 1. The molecule has 0 aliphatic carbocycles. The van der Waals surface area contributed by atoms with E-state index in [1.807, 2.05) is 5.38 Å². The molecule has 0 saturated heterocycles. The fraction of sp³-hybridized carbons (Fsp3) is 0.556. The summed E-state index contributed by atoms with van der Waals surface area (Å²) in [5.74, 6) is 1.09. The van der Waals surface area contributed by atoms with Crippen LogP contribution in [-0.2, 0) is 11.2 Å². The topological polar surface area (TPSA) is 68.0 Å². The molecule has 0 fully saturated rings. The number of nitrogens with one attached hydrogen (secondary N) is 1. The number of carbonyl (C=O) groups is 1. The van der Waals surface area contributed by atoms with Crippen molar-refractivity contribution >= 4 is 34.1 Å². The number of anilines is 1. The van der Waals surface area contributed by atoms with Gasteiger partial charge in [0.15, 0.2) is 5.13 Å². The second kappa shape index (κ2) is 6.68. The van der Waals surface area contributed by atoms with Crippen LogP contribution in [0.5, 0.6) is 0 Å². The minimum absolute atomic E-state index is 0.0152. The number of hydrogen-bond acceptors (Lipinski definition) is 5. The fourth-order valence-electron chi connectivity index (χ4n) is 1.08. The molecule has 6 heteroatoms. The normalized spacial score (nSPS) is 10.2. The Morgan fingerprint density at radius 1 is 1.73 bits per heavy atom. The molecule has 0 unspecified atom stereocenters. The highest BCUT2D eigenvalue weighted by Crippen LogP contribution is 2.11. The number of nitrogens with zero attached hydrogens (tertiary/aromatic N) is 1. The molecule has 84 valence electrons. The van der Waals surface area contributed by atoms with Crippen LogP contribution < -0.4 is 11.1 Å². The summed E-state index contributed by atoms with van der Waals surface area (Å²) < 4.78 is 0. The van der Waals surface area contributed by atoms with Gasteiger partial charge in [-0.05, 0) is 18.4 Å². The standard InChI is InChI=1S/C9H15N3OS2/c1-14-4-2-3-11-8(13)5-7-6-15-9(10)12-7/h6H,2-5H2,1H3,(H2,10,12)(H,11,13). The third-order valence-electron chi connectivity index (χ3n) is 1.76. The Morgan fingerprint density at radius 3 is 3.13 bits per heavy atom. The van der Waals surface area contributed by atoms with Crippen molar-refractivity contribution in [3.05, 3.63) is 11.1 Å². The van der Waals surface area contributed by atoms with Crippen LogP contribution >= 0.6 is 23.1 Å². The van der Waals surface area contributed by atoms with Crippen LogP contribution in [0.3, 0.4) is 0 Å². The highest BCUT2D eigenvalue weighted by atomic mass is 32.2. The zero-order valence-corrected chi connectivity index (χ0v) is 10.3. The smallest absolute Gasteiger partial charge is 0.226 e. The van der Waals surface area contributed by atoms with Crippen molar-refractivity contribution in [1.29, 1.82) is 0 Å². The van der Waals surface area contributed by atoms with Gasteiger partial charge in [-0.15, -0.1) is 11.3 Å². The van der Waals surface area contributed by atoms with Crippen LogP contribution in [0.25, 0.3) is 0 Å². The first kappa shape index (κ1) is 12.3. The van der Waals surface area contributed by atoms with Crippen LogP contribution in [0.15, 0.2) is 5.38 Å². The first-order chi connectivity index (χ1) is 7.22. The molecule has 15 heavy (non-hydrogen) atoms. The fourth-order valence-corrected chi connectivity index (χ4v) is 2.07. The Hall–Kier alpha value is -0.750. The van der Waals surface area contributed by atoms with Crippen LogP contribution in [0.1, 0.15) is 12.1 Å². The third-order valence-corrected chi connectivity index (χ3v) is 3.18. The molecular formula is C9H15N3OS2. The van der Waals surface area contributed by atoms with E-state index in [1.165, 1.54) is 11.3 Å². The van der Waals surface area contributed by atoms with E-state index >= 15 is 0 Å². The highest BCUT2D eigenvalue weighted by Gasteiger charge is 2.05. The first-order valence-electron chi connectivity index (χ1n) is 4.68. The predicted octanol–water partition coefficient (Wildman–Crippen LogP) is 1.14. The molecule has 4 nitrogen and oxygen atoms in total. The molecule has 0 radical (unpaired) electrons. The molecule has 0 aliphatic heterocycles. The van der Waals surface area contributed by atoms with E-state index in [0.717, 1.165) is 24.4 Å². The van der Waals surface area contributed by atoms with Crippen LogP contribution in [0.4, 0.5) is 5.13 Å². The number of nitrogens with two attached hydrogens (primary N) is 1. The van der Waals surface area contributed by atoms with Crippen molar-refractivity contribution in [2.45, 2.75) is 12.8 Å². The highest BCUT2D eigenvalue weighted by molar-refractivity contribution is 7.98. The van der Waals surface area contributed by atoms with Crippen molar-refractivity contribution in [3.8, 4) is 0 Å². The molecule has 0 atom stereocenters. The number of amides is 1. The van der Waals surface area contributed by atoms with Crippen molar-refractivity contribution < 1.29 is 4.79 Å². The Bertz CT molecular complexity index is 314. The summed E-state index contributed by atoms with van der Waals surface area (Å²) in [6.07, 6.45) is 3.39. The summed E-state index contributed by atoms with van der Waals surface area (Å²) in [6, 6.07) is 0. The summed E-state index contributed by atoms with van der Waals surface area (Å²) >= 11 is 3.14. The predicted molar refractivity (Wildman–Crippen MR) is 66.2 cm³/mol. The Balaban J connectivity index is 2.18. The van der Waals surface area contributed by atoms with Crippen molar-refractivity contribution in [2.24, 2.45) is 0 Å². The lowest BCUT2D eigenvalue weighted by Crippen LogP contribution is -2.26. The van der Waals surface area contributed by atoms with Crippen molar-refractivity contribution in [1.82, 2.24) is 10.3 Å². The van der Waals surface area contributed by atoms with Gasteiger partial charge in [-0.25, -0.2) is 4.98 Å². The van der Waals surface area contributed by atoms with Gasteiger partial charge in [-0.3, -0.25) is 4.79 Å². The van der Waals surface area contributed by atoms with Crippen LogP contribution in [0, 0.1) is 0 Å². The minimum Gasteiger partial charge on any atom is -0.375 e. The van der Waals surface area contributed by atoms with E-state index in [0.29, 0.717) is 11.6 Å². The van der Waals surface area contributed by atoms with Gasteiger partial charge in [0, 0.05) is 11.9 Å². The molecule has 3 N–H and O–H groups in total. The largest absolute Gasteiger partial charge is 0.375 e. The molecule has 1 heterocycles. The van der Waals surface area contributed by atoms with E-state index in [-0.39, 0.29) is 5.91 Å². The molecule has 0 aliphatic rings. The van der Waals surface area contributed by atoms with E-state index in [4.69, 9.17) is 5.73 Å². The zero-order valence-electron chi connectivity index (χ0n) is 8.66. The summed E-state index contributed by atoms with van der Waals surface area (Å²) in [6.45, 7) is 0.735. The maximum absolute atomic E-state index is 11.4. The maximum atomic E-state index is 11.4. The van der Waals surface area contributed by atoms with Gasteiger partial charge in [0.2, 0.25) is 5.91 Å². The summed E-state index contributed by atoms with van der Waals surface area (Å²) in [5.41, 5.74) is 6.22. The molecule has 1 aromatic rings. The average Bonchev–Trinajstić information content (AvgIpc) is 2.59. The number of hydrogen-bond donors (Lipinski definition) is 2. The Morgan fingerprint density at radius 2 is 2.53 bits per heavy atom. The monoisotopic (exact) mass is 245 g/mol. The van der Waals surface area contributed by atoms with Crippen LogP contribution in [0.2, 0.25) is 0 Å². The molecule has 1 aromatic heterocycles. The molecule has 0 saturated carbocycles. The van der Waals surface area contributed by atoms with Gasteiger partial charge in [0.1, 0.15) is 0 Å². The molecule has 0 bridgehead atoms. The summed E-state index contributed by atoms with van der Waals surface area (Å²) in [5, 5.41) is 5.18. The van der Waals surface area contributed by atoms with Gasteiger partial charge in [0.25, 0.3) is 0 Å². The summed E-state index contributed by atoms with van der Waals surface area (Å²) in [4.78, 5) is 15.4. The molecule has 1 amide bonds. The van der Waals surface area contributed by atoms with E-state index in [2.05, 4.69) is 16.6 Å². The number of aromatic nitrogens is 1. The second-order valence-corrected chi connectivity index (χ2v) is 4.93. The lowest BCUT2D eigenvalue weighted by molar-refractivity contribution is -0.120. The number of thioether (sulfide) groups is 1. The quantitative estimate of drug-likeness (QED) is 0.737. The summed E-state index contributed by atoms with van der Waals surface area (Å²) in [7, 11) is 0. The minimum atomic E-state index is 0.0152. The van der Waals surface area contributed by atoms with Crippen LogP contribution in [-0.4, -0.2) is 29.4 Å². The maximum Gasteiger partial charge on any atom is 0.226 e. The van der Waals surface area contributed by atoms with Crippen molar-refractivity contribution in [3.63, 3.8) is 0 Å².